The molecule has 0 N–H and O–H groups in total. The number of nitrogens with zero attached hydrogens (tertiary/aromatic N) is 1. The summed E-state index contributed by atoms with van der Waals surface area (Å²) in [7, 11) is 0. The van der Waals surface area contributed by atoms with Crippen LogP contribution in [0.2, 0.25) is 5.02 Å². The molecule has 1 aliphatic heterocycles. The van der Waals surface area contributed by atoms with Crippen LogP contribution in [0.25, 0.3) is 0 Å². The van der Waals surface area contributed by atoms with Crippen LogP contribution in [-0.2, 0) is 11.2 Å². The van der Waals surface area contributed by atoms with Gasteiger partial charge in [-0.25, -0.2) is 0 Å². The zero-order valence-electron chi connectivity index (χ0n) is 7.79. The van der Waals surface area contributed by atoms with E-state index in [0.29, 0.717) is 0 Å². The first-order chi connectivity index (χ1) is 6.18. The first-order valence-electron chi connectivity index (χ1n) is 4.25. The third-order valence-electron chi connectivity index (χ3n) is 2.32. The molecule has 0 atom stereocenters. The highest BCUT2D eigenvalue weighted by atomic mass is 35.5. The number of amides is 1. The monoisotopic (exact) mass is 231 g/mol. The fourth-order valence-corrected chi connectivity index (χ4v) is 1.89. The van der Waals surface area contributed by atoms with E-state index in [2.05, 4.69) is 0 Å². The van der Waals surface area contributed by atoms with E-state index >= 15 is 0 Å². The molecule has 0 aliphatic carbocycles. The summed E-state index contributed by atoms with van der Waals surface area (Å²) in [4.78, 5) is 13.0. The van der Waals surface area contributed by atoms with E-state index in [-0.39, 0.29) is 18.3 Å². The van der Waals surface area contributed by atoms with Crippen molar-refractivity contribution in [3.05, 3.63) is 28.8 Å². The van der Waals surface area contributed by atoms with Gasteiger partial charge in [0.1, 0.15) is 0 Å². The Labute approximate surface area is 94.3 Å². The van der Waals surface area contributed by atoms with Gasteiger partial charge in [0.15, 0.2) is 0 Å². The minimum absolute atomic E-state index is 0. The number of carbonyl (C=O) groups excluding carboxylic acids is 1. The predicted octanol–water partition coefficient (Wildman–Crippen LogP) is 2.67. The van der Waals surface area contributed by atoms with E-state index in [0.717, 1.165) is 23.7 Å². The quantitative estimate of drug-likeness (QED) is 0.673. The molecular weight excluding hydrogens is 221 g/mol. The summed E-state index contributed by atoms with van der Waals surface area (Å²) < 4.78 is 0. The second kappa shape index (κ2) is 4.20. The molecule has 0 bridgehead atoms. The van der Waals surface area contributed by atoms with Gasteiger partial charge in [-0.05, 0) is 30.2 Å². The molecule has 0 fully saturated rings. The van der Waals surface area contributed by atoms with E-state index in [1.807, 2.05) is 18.2 Å². The van der Waals surface area contributed by atoms with Gasteiger partial charge in [0.05, 0.1) is 0 Å². The zero-order chi connectivity index (χ0) is 9.42. The Morgan fingerprint density at radius 3 is 2.86 bits per heavy atom. The summed E-state index contributed by atoms with van der Waals surface area (Å²) in [5, 5.41) is 0.740. The van der Waals surface area contributed by atoms with Gasteiger partial charge in [-0.1, -0.05) is 11.6 Å². The maximum Gasteiger partial charge on any atom is 0.223 e. The molecule has 1 aromatic carbocycles. The third kappa shape index (κ3) is 1.86. The molecule has 2 nitrogen and oxygen atoms in total. The van der Waals surface area contributed by atoms with Crippen LogP contribution in [0, 0.1) is 0 Å². The Bertz CT molecular complexity index is 365. The van der Waals surface area contributed by atoms with Gasteiger partial charge in [-0.3, -0.25) is 4.79 Å². The van der Waals surface area contributed by atoms with Crippen molar-refractivity contribution in [2.24, 2.45) is 0 Å². The molecule has 14 heavy (non-hydrogen) atoms. The fourth-order valence-electron chi connectivity index (χ4n) is 1.70. The van der Waals surface area contributed by atoms with Crippen molar-refractivity contribution in [1.82, 2.24) is 0 Å². The van der Waals surface area contributed by atoms with Gasteiger partial charge in [0, 0.05) is 24.2 Å². The number of anilines is 1. The summed E-state index contributed by atoms with van der Waals surface area (Å²) in [6, 6.07) is 5.66. The molecule has 1 heterocycles. The summed E-state index contributed by atoms with van der Waals surface area (Å²) in [6.07, 6.45) is 0.912. The SMILES string of the molecule is CC(=O)N1CCc2cc(Cl)ccc21.Cl. The second-order valence-corrected chi connectivity index (χ2v) is 3.63. The van der Waals surface area contributed by atoms with Crippen molar-refractivity contribution in [3.63, 3.8) is 0 Å². The molecule has 0 saturated carbocycles. The summed E-state index contributed by atoms with van der Waals surface area (Å²) in [5.74, 6) is 0.0982. The van der Waals surface area contributed by atoms with Crippen LogP contribution in [0.3, 0.4) is 0 Å². The lowest BCUT2D eigenvalue weighted by Crippen LogP contribution is -2.25. The summed E-state index contributed by atoms with van der Waals surface area (Å²) in [6.45, 7) is 2.37. The van der Waals surface area contributed by atoms with Crippen LogP contribution in [0.1, 0.15) is 12.5 Å². The Morgan fingerprint density at radius 1 is 1.50 bits per heavy atom. The second-order valence-electron chi connectivity index (χ2n) is 3.19. The fraction of sp³-hybridized carbons (Fsp3) is 0.300. The van der Waals surface area contributed by atoms with Gasteiger partial charge in [-0.2, -0.15) is 0 Å². The Kier molecular flexibility index (Phi) is 3.40. The number of halogens is 2. The minimum Gasteiger partial charge on any atom is -0.312 e. The topological polar surface area (TPSA) is 20.3 Å². The zero-order valence-corrected chi connectivity index (χ0v) is 9.36. The number of carbonyl (C=O) groups is 1. The first kappa shape index (κ1) is 11.3. The van der Waals surface area contributed by atoms with Crippen molar-refractivity contribution >= 4 is 35.6 Å². The highest BCUT2D eigenvalue weighted by molar-refractivity contribution is 6.30. The van der Waals surface area contributed by atoms with Crippen molar-refractivity contribution in [2.75, 3.05) is 11.4 Å². The smallest absolute Gasteiger partial charge is 0.223 e. The number of rotatable bonds is 0. The van der Waals surface area contributed by atoms with Gasteiger partial charge in [0.25, 0.3) is 0 Å². The third-order valence-corrected chi connectivity index (χ3v) is 2.55. The van der Waals surface area contributed by atoms with Crippen molar-refractivity contribution in [1.29, 1.82) is 0 Å². The maximum atomic E-state index is 11.2. The molecule has 2 rings (SSSR count). The van der Waals surface area contributed by atoms with Crippen LogP contribution in [-0.4, -0.2) is 12.5 Å². The number of hydrogen-bond donors (Lipinski definition) is 0. The van der Waals surface area contributed by atoms with Crippen LogP contribution in [0.15, 0.2) is 18.2 Å². The maximum absolute atomic E-state index is 11.2. The molecule has 1 aromatic rings. The van der Waals surface area contributed by atoms with Crippen molar-refractivity contribution < 1.29 is 4.79 Å². The van der Waals surface area contributed by atoms with Gasteiger partial charge >= 0.3 is 0 Å². The molecule has 1 amide bonds. The Morgan fingerprint density at radius 2 is 2.21 bits per heavy atom. The molecule has 0 aromatic heterocycles. The standard InChI is InChI=1S/C10H10ClNO.ClH/c1-7(13)12-5-4-8-6-9(11)2-3-10(8)12;/h2-3,6H,4-5H2,1H3;1H. The lowest BCUT2D eigenvalue weighted by atomic mass is 10.2. The first-order valence-corrected chi connectivity index (χ1v) is 4.63. The molecule has 0 unspecified atom stereocenters. The van der Waals surface area contributed by atoms with E-state index in [4.69, 9.17) is 11.6 Å². The summed E-state index contributed by atoms with van der Waals surface area (Å²) >= 11 is 5.85. The minimum atomic E-state index is 0. The molecule has 0 saturated heterocycles. The highest BCUT2D eigenvalue weighted by Gasteiger charge is 2.21. The van der Waals surface area contributed by atoms with Crippen LogP contribution >= 0.6 is 24.0 Å². The molecule has 1 aliphatic rings. The lowest BCUT2D eigenvalue weighted by Gasteiger charge is -2.14. The molecule has 0 spiro atoms. The van der Waals surface area contributed by atoms with Crippen LogP contribution in [0.4, 0.5) is 5.69 Å². The van der Waals surface area contributed by atoms with E-state index in [1.54, 1.807) is 11.8 Å². The number of fused-ring (bicyclic) bond motifs is 1. The molecular formula is C10H11Cl2NO. The predicted molar refractivity (Wildman–Crippen MR) is 60.4 cm³/mol. The Balaban J connectivity index is 0.000000980. The Hall–Kier alpha value is -0.730. The molecule has 4 heteroatoms. The highest BCUT2D eigenvalue weighted by Crippen LogP contribution is 2.30. The average Bonchev–Trinajstić information content (AvgIpc) is 2.46. The van der Waals surface area contributed by atoms with Gasteiger partial charge < -0.3 is 4.90 Å². The van der Waals surface area contributed by atoms with E-state index < -0.39 is 0 Å². The number of benzene rings is 1. The molecule has 0 radical (unpaired) electrons. The van der Waals surface area contributed by atoms with E-state index in [1.165, 1.54) is 5.56 Å². The van der Waals surface area contributed by atoms with Crippen LogP contribution in [0.5, 0.6) is 0 Å². The van der Waals surface area contributed by atoms with E-state index in [9.17, 15) is 4.79 Å². The van der Waals surface area contributed by atoms with Crippen molar-refractivity contribution in [2.45, 2.75) is 13.3 Å². The lowest BCUT2D eigenvalue weighted by molar-refractivity contribution is -0.116. The number of hydrogen-bond acceptors (Lipinski definition) is 1. The normalized spacial score (nSPS) is 13.4. The van der Waals surface area contributed by atoms with Gasteiger partial charge in [0.2, 0.25) is 5.91 Å². The summed E-state index contributed by atoms with van der Waals surface area (Å²) in [5.41, 5.74) is 2.18. The average molecular weight is 232 g/mol. The largest absolute Gasteiger partial charge is 0.312 e. The van der Waals surface area contributed by atoms with Gasteiger partial charge in [-0.15, -0.1) is 12.4 Å². The van der Waals surface area contributed by atoms with Crippen LogP contribution < -0.4 is 4.90 Å². The molecule has 76 valence electrons. The van der Waals surface area contributed by atoms with Crippen molar-refractivity contribution in [3.8, 4) is 0 Å².